The summed E-state index contributed by atoms with van der Waals surface area (Å²) in [6.45, 7) is 0. The fourth-order valence-corrected chi connectivity index (χ4v) is 4.69. The minimum Gasteiger partial charge on any atom is -0.450 e. The van der Waals surface area contributed by atoms with Crippen LogP contribution in [0.4, 0.5) is 32.0 Å². The second-order valence-electron chi connectivity index (χ2n) is 8.93. The molecule has 40 heavy (non-hydrogen) atoms. The van der Waals surface area contributed by atoms with Gasteiger partial charge in [0.1, 0.15) is 5.58 Å². The molecule has 1 aromatic heterocycles. The molecule has 5 aromatic rings. The zero-order valence-corrected chi connectivity index (χ0v) is 21.0. The van der Waals surface area contributed by atoms with Gasteiger partial charge >= 0.3 is 12.4 Å². The molecule has 0 atom stereocenters. The average molecular weight is 574 g/mol. The number of alkyl halides is 6. The lowest BCUT2D eigenvalue weighted by atomic mass is 9.95. The highest BCUT2D eigenvalue weighted by atomic mass is 35.5. The van der Waals surface area contributed by atoms with Crippen molar-refractivity contribution in [1.29, 1.82) is 0 Å². The molecule has 1 N–H and O–H groups in total. The fraction of sp³-hybridized carbons (Fsp3) is 0.100. The lowest BCUT2D eigenvalue weighted by Gasteiger charge is -2.24. The van der Waals surface area contributed by atoms with Crippen molar-refractivity contribution >= 4 is 28.3 Å². The number of halogens is 7. The van der Waals surface area contributed by atoms with E-state index >= 15 is 0 Å². The molecule has 3 nitrogen and oxygen atoms in total. The molecule has 0 aliphatic carbocycles. The minimum atomic E-state index is -5.01. The molecule has 4 aromatic carbocycles. The van der Waals surface area contributed by atoms with Crippen LogP contribution in [0, 0.1) is 0 Å². The predicted molar refractivity (Wildman–Crippen MR) is 141 cm³/mol. The van der Waals surface area contributed by atoms with Crippen LogP contribution in [0.25, 0.3) is 22.1 Å². The summed E-state index contributed by atoms with van der Waals surface area (Å²) in [5.41, 5.74) is -1.30. The molecule has 10 heteroatoms. The Kier molecular flexibility index (Phi) is 7.10. The summed E-state index contributed by atoms with van der Waals surface area (Å²) in [6.07, 6.45) is -9.86. The van der Waals surface area contributed by atoms with Crippen molar-refractivity contribution in [3.05, 3.63) is 135 Å². The number of hydrogen-bond donors (Lipinski definition) is 1. The van der Waals surface area contributed by atoms with Crippen LogP contribution in [0.15, 0.2) is 106 Å². The third-order valence-electron chi connectivity index (χ3n) is 6.30. The molecule has 0 aliphatic rings. The van der Waals surface area contributed by atoms with Gasteiger partial charge in [0.15, 0.2) is 5.43 Å². The van der Waals surface area contributed by atoms with Crippen molar-refractivity contribution in [2.75, 3.05) is 5.32 Å². The van der Waals surface area contributed by atoms with Gasteiger partial charge in [-0.15, -0.1) is 0 Å². The van der Waals surface area contributed by atoms with Gasteiger partial charge in [0, 0.05) is 17.3 Å². The largest absolute Gasteiger partial charge is 0.450 e. The average Bonchev–Trinajstić information content (AvgIpc) is 2.91. The molecule has 1 heterocycles. The highest BCUT2D eigenvalue weighted by molar-refractivity contribution is 6.31. The van der Waals surface area contributed by atoms with Crippen molar-refractivity contribution in [1.82, 2.24) is 0 Å². The van der Waals surface area contributed by atoms with Gasteiger partial charge in [0.25, 0.3) is 0 Å². The van der Waals surface area contributed by atoms with Gasteiger partial charge < -0.3 is 9.73 Å². The zero-order valence-electron chi connectivity index (χ0n) is 20.3. The van der Waals surface area contributed by atoms with E-state index in [0.717, 1.165) is 23.3 Å². The quantitative estimate of drug-likeness (QED) is 0.213. The van der Waals surface area contributed by atoms with E-state index in [2.05, 4.69) is 5.32 Å². The maximum atomic E-state index is 13.8. The van der Waals surface area contributed by atoms with Gasteiger partial charge in [0.05, 0.1) is 22.0 Å². The maximum Gasteiger partial charge on any atom is 0.449 e. The molecular formula is C30H18ClF6NO2. The van der Waals surface area contributed by atoms with Crippen molar-refractivity contribution < 1.29 is 30.8 Å². The summed E-state index contributed by atoms with van der Waals surface area (Å²) < 4.78 is 87.5. The van der Waals surface area contributed by atoms with Gasteiger partial charge in [-0.25, -0.2) is 0 Å². The lowest BCUT2D eigenvalue weighted by Crippen LogP contribution is -2.15. The van der Waals surface area contributed by atoms with Crippen LogP contribution in [-0.4, -0.2) is 0 Å². The molecule has 0 aliphatic heterocycles. The summed E-state index contributed by atoms with van der Waals surface area (Å²) in [5, 5.41) is 2.45. The van der Waals surface area contributed by atoms with E-state index in [1.54, 1.807) is 24.3 Å². The molecule has 0 bridgehead atoms. The van der Waals surface area contributed by atoms with Crippen LogP contribution in [0.5, 0.6) is 0 Å². The Morgan fingerprint density at radius 1 is 0.725 bits per heavy atom. The Balaban J connectivity index is 1.81. The highest BCUT2D eigenvalue weighted by Gasteiger charge is 2.36. The van der Waals surface area contributed by atoms with E-state index in [1.807, 2.05) is 36.4 Å². The number of anilines is 1. The first-order chi connectivity index (χ1) is 18.9. The van der Waals surface area contributed by atoms with E-state index < -0.39 is 45.8 Å². The summed E-state index contributed by atoms with van der Waals surface area (Å²) >= 11 is 5.82. The van der Waals surface area contributed by atoms with Crippen LogP contribution in [0.2, 0.25) is 5.02 Å². The Morgan fingerprint density at radius 2 is 1.32 bits per heavy atom. The van der Waals surface area contributed by atoms with E-state index in [1.165, 1.54) is 18.2 Å². The molecule has 0 radical (unpaired) electrons. The second kappa shape index (κ2) is 10.4. The Labute approximate surface area is 228 Å². The smallest absolute Gasteiger partial charge is 0.449 e. The van der Waals surface area contributed by atoms with Crippen LogP contribution in [0.3, 0.4) is 0 Å². The van der Waals surface area contributed by atoms with Crippen molar-refractivity contribution in [2.45, 2.75) is 18.4 Å². The summed E-state index contributed by atoms with van der Waals surface area (Å²) in [6, 6.07) is 23.6. The highest BCUT2D eigenvalue weighted by Crippen LogP contribution is 2.43. The maximum absolute atomic E-state index is 13.8. The molecule has 0 unspecified atom stereocenters. The number of hydrogen-bond acceptors (Lipinski definition) is 3. The third kappa shape index (κ3) is 5.42. The molecule has 0 spiro atoms. The molecule has 0 saturated heterocycles. The normalized spacial score (nSPS) is 12.2. The zero-order chi connectivity index (χ0) is 28.7. The number of rotatable bonds is 5. The summed E-state index contributed by atoms with van der Waals surface area (Å²) in [7, 11) is 0. The monoisotopic (exact) mass is 573 g/mol. The van der Waals surface area contributed by atoms with Gasteiger partial charge in [-0.3, -0.25) is 4.79 Å². The molecule has 5 rings (SSSR count). The third-order valence-corrected chi connectivity index (χ3v) is 6.63. The van der Waals surface area contributed by atoms with Gasteiger partial charge in [-0.05, 0) is 41.0 Å². The first-order valence-corrected chi connectivity index (χ1v) is 12.2. The van der Waals surface area contributed by atoms with Gasteiger partial charge in [-0.2, -0.15) is 26.3 Å². The van der Waals surface area contributed by atoms with Crippen LogP contribution < -0.4 is 10.7 Å². The molecule has 0 saturated carbocycles. The molecule has 204 valence electrons. The van der Waals surface area contributed by atoms with Crippen LogP contribution in [-0.2, 0) is 12.4 Å². The topological polar surface area (TPSA) is 42.2 Å². The lowest BCUT2D eigenvalue weighted by molar-refractivity contribution is -0.152. The first kappa shape index (κ1) is 27.3. The van der Waals surface area contributed by atoms with Crippen molar-refractivity contribution in [3.63, 3.8) is 0 Å². The van der Waals surface area contributed by atoms with Crippen molar-refractivity contribution in [2.24, 2.45) is 0 Å². The number of nitrogens with one attached hydrogen (secondary N) is 1. The van der Waals surface area contributed by atoms with Crippen LogP contribution in [0.1, 0.15) is 28.5 Å². The molecular weight excluding hydrogens is 556 g/mol. The van der Waals surface area contributed by atoms with E-state index in [0.29, 0.717) is 6.07 Å². The summed E-state index contributed by atoms with van der Waals surface area (Å²) in [4.78, 5) is 12.7. The Bertz CT molecular complexity index is 1690. The second-order valence-corrected chi connectivity index (χ2v) is 9.34. The van der Waals surface area contributed by atoms with Gasteiger partial charge in [0.2, 0.25) is 5.76 Å². The fourth-order valence-electron chi connectivity index (χ4n) is 4.47. The first-order valence-electron chi connectivity index (χ1n) is 11.8. The van der Waals surface area contributed by atoms with E-state index in [-0.39, 0.29) is 22.2 Å². The molecule has 0 fully saturated rings. The SMILES string of the molecule is O=c1cc(C(F)(F)F)oc2c(-c3ccc(Cl)c(C(F)(F)F)c3)c(NC(c3ccccc3)c3ccccc3)ccc12. The predicted octanol–water partition coefficient (Wildman–Crippen LogP) is 9.35. The van der Waals surface area contributed by atoms with Crippen LogP contribution >= 0.6 is 11.6 Å². The number of benzene rings is 4. The summed E-state index contributed by atoms with van der Waals surface area (Å²) in [5.74, 6) is -1.57. The Morgan fingerprint density at radius 3 is 1.88 bits per heavy atom. The van der Waals surface area contributed by atoms with E-state index in [9.17, 15) is 31.1 Å². The standard InChI is InChI=1S/C30H18ClF6NO2/c31-22-13-11-19(15-21(22)29(32,33)34)26-23(14-12-20-24(39)16-25(30(35,36)37)40-28(20)26)38-27(17-7-3-1-4-8-17)18-9-5-2-6-10-18/h1-16,27,38H. The molecule has 0 amide bonds. The van der Waals surface area contributed by atoms with E-state index in [4.69, 9.17) is 16.0 Å². The Hall–Kier alpha value is -4.24. The minimum absolute atomic E-state index is 0.142. The number of fused-ring (bicyclic) bond motifs is 1. The van der Waals surface area contributed by atoms with Crippen molar-refractivity contribution in [3.8, 4) is 11.1 Å². The van der Waals surface area contributed by atoms with Gasteiger partial charge in [-0.1, -0.05) is 78.3 Å².